The number of ether oxygens (including phenoxy) is 1. The molecule has 1 saturated heterocycles. The van der Waals surface area contributed by atoms with Crippen molar-refractivity contribution in [1.82, 2.24) is 25.4 Å². The van der Waals surface area contributed by atoms with Crippen molar-refractivity contribution in [3.63, 3.8) is 0 Å². The number of nitrogens with zero attached hydrogens (tertiary/aromatic N) is 4. The largest absolute Gasteiger partial charge is 0.375 e. The van der Waals surface area contributed by atoms with Crippen LogP contribution in [-0.2, 0) is 16.1 Å². The van der Waals surface area contributed by atoms with Gasteiger partial charge in [0.15, 0.2) is 5.82 Å². The van der Waals surface area contributed by atoms with Gasteiger partial charge in [-0.25, -0.2) is 4.98 Å². The molecule has 2 atom stereocenters. The Kier molecular flexibility index (Phi) is 6.16. The fourth-order valence-corrected chi connectivity index (χ4v) is 3.52. The van der Waals surface area contributed by atoms with Crippen LogP contribution in [0.3, 0.4) is 0 Å². The van der Waals surface area contributed by atoms with Gasteiger partial charge in [0.1, 0.15) is 12.4 Å². The van der Waals surface area contributed by atoms with Gasteiger partial charge in [-0.15, -0.1) is 0 Å². The fraction of sp³-hybridized carbons (Fsp3) is 0.474. The van der Waals surface area contributed by atoms with Crippen LogP contribution < -0.4 is 5.32 Å². The number of carbonyl (C=O) groups excluding carboxylic acids is 1. The molecule has 2 heterocycles. The summed E-state index contributed by atoms with van der Waals surface area (Å²) in [5, 5.41) is 19.3. The predicted octanol–water partition coefficient (Wildman–Crippen LogP) is 1.11. The number of aromatic nitrogens is 3. The first-order chi connectivity index (χ1) is 13.1. The van der Waals surface area contributed by atoms with E-state index in [2.05, 4.69) is 31.5 Å². The molecule has 1 aromatic heterocycles. The second-order valence-corrected chi connectivity index (χ2v) is 6.83. The molecule has 1 amide bonds. The molecule has 8 heteroatoms. The maximum absolute atomic E-state index is 12.1. The number of nitrogens with one attached hydrogen (secondary N) is 2. The molecule has 1 aliphatic rings. The molecular weight excluding hydrogens is 344 g/mol. The SMILES string of the molecule is COCC(=O)N[C@@H]1CN(Cc2cccc(C#N)c2)CC[C@@H]1c1n[nH]c(C)n1. The highest BCUT2D eigenvalue weighted by Crippen LogP contribution is 2.27. The van der Waals surface area contributed by atoms with E-state index < -0.39 is 0 Å². The van der Waals surface area contributed by atoms with Crippen molar-refractivity contribution in [1.29, 1.82) is 5.26 Å². The van der Waals surface area contributed by atoms with E-state index in [4.69, 9.17) is 10.00 Å². The van der Waals surface area contributed by atoms with Crippen LogP contribution in [0.15, 0.2) is 24.3 Å². The molecule has 3 rings (SSSR count). The zero-order valence-corrected chi connectivity index (χ0v) is 15.6. The molecule has 1 aliphatic heterocycles. The van der Waals surface area contributed by atoms with Crippen LogP contribution in [0.2, 0.25) is 0 Å². The first-order valence-electron chi connectivity index (χ1n) is 8.97. The second-order valence-electron chi connectivity index (χ2n) is 6.83. The van der Waals surface area contributed by atoms with Gasteiger partial charge < -0.3 is 10.1 Å². The summed E-state index contributed by atoms with van der Waals surface area (Å²) >= 11 is 0. The van der Waals surface area contributed by atoms with Crippen molar-refractivity contribution < 1.29 is 9.53 Å². The molecule has 0 bridgehead atoms. The van der Waals surface area contributed by atoms with Gasteiger partial charge in [-0.05, 0) is 37.6 Å². The van der Waals surface area contributed by atoms with Crippen LogP contribution >= 0.6 is 0 Å². The summed E-state index contributed by atoms with van der Waals surface area (Å²) in [6.07, 6.45) is 0.840. The van der Waals surface area contributed by atoms with Gasteiger partial charge in [-0.1, -0.05) is 12.1 Å². The van der Waals surface area contributed by atoms with E-state index in [1.165, 1.54) is 7.11 Å². The smallest absolute Gasteiger partial charge is 0.246 e. The number of aromatic amines is 1. The van der Waals surface area contributed by atoms with Gasteiger partial charge in [-0.2, -0.15) is 10.4 Å². The minimum Gasteiger partial charge on any atom is -0.375 e. The summed E-state index contributed by atoms with van der Waals surface area (Å²) < 4.78 is 4.94. The molecule has 1 aromatic carbocycles. The van der Waals surface area contributed by atoms with Crippen molar-refractivity contribution in [2.24, 2.45) is 0 Å². The molecule has 0 spiro atoms. The third kappa shape index (κ3) is 4.90. The Balaban J connectivity index is 1.72. The zero-order valence-electron chi connectivity index (χ0n) is 15.6. The Morgan fingerprint density at radius 3 is 3.07 bits per heavy atom. The van der Waals surface area contributed by atoms with Gasteiger partial charge in [-0.3, -0.25) is 14.8 Å². The normalized spacial score (nSPS) is 20.2. The number of hydrogen-bond acceptors (Lipinski definition) is 6. The maximum atomic E-state index is 12.1. The molecule has 0 radical (unpaired) electrons. The van der Waals surface area contributed by atoms with Crippen LogP contribution in [0.1, 0.15) is 35.1 Å². The molecule has 142 valence electrons. The van der Waals surface area contributed by atoms with Crippen LogP contribution in [0.25, 0.3) is 0 Å². The Morgan fingerprint density at radius 1 is 1.52 bits per heavy atom. The number of carbonyl (C=O) groups is 1. The third-order valence-corrected chi connectivity index (χ3v) is 4.73. The lowest BCUT2D eigenvalue weighted by atomic mass is 9.90. The lowest BCUT2D eigenvalue weighted by Gasteiger charge is -2.37. The van der Waals surface area contributed by atoms with E-state index in [1.807, 2.05) is 25.1 Å². The highest BCUT2D eigenvalue weighted by molar-refractivity contribution is 5.77. The average molecular weight is 368 g/mol. The number of rotatable bonds is 6. The number of aryl methyl sites for hydroxylation is 1. The maximum Gasteiger partial charge on any atom is 0.246 e. The number of H-pyrrole nitrogens is 1. The monoisotopic (exact) mass is 368 g/mol. The highest BCUT2D eigenvalue weighted by atomic mass is 16.5. The summed E-state index contributed by atoms with van der Waals surface area (Å²) in [7, 11) is 1.51. The van der Waals surface area contributed by atoms with Crippen LogP contribution in [0.4, 0.5) is 0 Å². The van der Waals surface area contributed by atoms with Crippen molar-refractivity contribution in [2.75, 3.05) is 26.8 Å². The average Bonchev–Trinajstić information content (AvgIpc) is 3.08. The lowest BCUT2D eigenvalue weighted by molar-refractivity contribution is -0.126. The number of likely N-dealkylation sites (tertiary alicyclic amines) is 1. The molecule has 8 nitrogen and oxygen atoms in total. The van der Waals surface area contributed by atoms with Crippen molar-refractivity contribution in [3.8, 4) is 6.07 Å². The molecule has 27 heavy (non-hydrogen) atoms. The first kappa shape index (κ1) is 19.0. The Hall–Kier alpha value is -2.76. The van der Waals surface area contributed by atoms with Gasteiger partial charge in [0.05, 0.1) is 17.7 Å². The van der Waals surface area contributed by atoms with E-state index in [1.54, 1.807) is 6.07 Å². The summed E-state index contributed by atoms with van der Waals surface area (Å²) in [5.41, 5.74) is 1.74. The molecule has 0 unspecified atom stereocenters. The first-order valence-corrected chi connectivity index (χ1v) is 8.97. The second kappa shape index (κ2) is 8.75. The quantitative estimate of drug-likeness (QED) is 0.791. The molecule has 0 saturated carbocycles. The fourth-order valence-electron chi connectivity index (χ4n) is 3.52. The lowest BCUT2D eigenvalue weighted by Crippen LogP contribution is -2.52. The Morgan fingerprint density at radius 2 is 2.37 bits per heavy atom. The standard InChI is InChI=1S/C19H24N6O2/c1-13-21-19(24-23-13)16-6-7-25(11-17(16)22-18(26)12-27-2)10-15-5-3-4-14(8-15)9-20/h3-5,8,16-17H,6-7,10-12H2,1-2H3,(H,22,26)(H,21,23,24)/t16-,17+/m0/s1. The third-order valence-electron chi connectivity index (χ3n) is 4.73. The Bertz CT molecular complexity index is 828. The predicted molar refractivity (Wildman–Crippen MR) is 98.7 cm³/mol. The van der Waals surface area contributed by atoms with Gasteiger partial charge in [0, 0.05) is 26.1 Å². The molecular formula is C19H24N6O2. The van der Waals surface area contributed by atoms with Gasteiger partial charge in [0.25, 0.3) is 0 Å². The highest BCUT2D eigenvalue weighted by Gasteiger charge is 2.33. The minimum atomic E-state index is -0.145. The number of nitriles is 1. The minimum absolute atomic E-state index is 0.0282. The van der Waals surface area contributed by atoms with Crippen LogP contribution in [-0.4, -0.2) is 58.8 Å². The van der Waals surface area contributed by atoms with Gasteiger partial charge in [0.2, 0.25) is 5.91 Å². The number of amides is 1. The van der Waals surface area contributed by atoms with Crippen LogP contribution in [0, 0.1) is 18.3 Å². The number of piperidine rings is 1. The van der Waals surface area contributed by atoms with E-state index in [9.17, 15) is 4.79 Å². The number of methoxy groups -OCH3 is 1. The Labute approximate surface area is 158 Å². The molecule has 0 aliphatic carbocycles. The summed E-state index contributed by atoms with van der Waals surface area (Å²) in [4.78, 5) is 18.9. The van der Waals surface area contributed by atoms with E-state index in [0.29, 0.717) is 12.1 Å². The number of benzene rings is 1. The molecule has 2 N–H and O–H groups in total. The molecule has 2 aromatic rings. The topological polar surface area (TPSA) is 107 Å². The van der Waals surface area contributed by atoms with E-state index in [0.717, 1.165) is 36.7 Å². The zero-order chi connectivity index (χ0) is 19.2. The molecule has 1 fully saturated rings. The van der Waals surface area contributed by atoms with Crippen molar-refractivity contribution >= 4 is 5.91 Å². The van der Waals surface area contributed by atoms with E-state index >= 15 is 0 Å². The van der Waals surface area contributed by atoms with E-state index in [-0.39, 0.29) is 24.5 Å². The summed E-state index contributed by atoms with van der Waals surface area (Å²) in [6.45, 7) is 4.18. The summed E-state index contributed by atoms with van der Waals surface area (Å²) in [6, 6.07) is 9.70. The van der Waals surface area contributed by atoms with Crippen molar-refractivity contribution in [3.05, 3.63) is 47.0 Å². The van der Waals surface area contributed by atoms with Gasteiger partial charge >= 0.3 is 0 Å². The van der Waals surface area contributed by atoms with Crippen LogP contribution in [0.5, 0.6) is 0 Å². The summed E-state index contributed by atoms with van der Waals surface area (Å²) in [5.74, 6) is 1.41. The number of hydrogen-bond donors (Lipinski definition) is 2. The van der Waals surface area contributed by atoms with Crippen molar-refractivity contribution in [2.45, 2.75) is 31.8 Å².